The molecule has 0 bridgehead atoms. The van der Waals surface area contributed by atoms with E-state index in [1.807, 2.05) is 0 Å². The predicted molar refractivity (Wildman–Crippen MR) is 100 cm³/mol. The number of rotatable bonds is 10. The smallest absolute Gasteiger partial charge is 0.432 e. The third-order valence-corrected chi connectivity index (χ3v) is 4.95. The van der Waals surface area contributed by atoms with Gasteiger partial charge in [-0.15, -0.1) is 0 Å². The Morgan fingerprint density at radius 2 is 1.79 bits per heavy atom. The molecule has 1 N–H and O–H groups in total. The van der Waals surface area contributed by atoms with E-state index in [0.717, 1.165) is 6.26 Å². The average molecular weight is 460 g/mol. The van der Waals surface area contributed by atoms with Gasteiger partial charge in [0.05, 0.1) is 17.5 Å². The lowest BCUT2D eigenvalue weighted by molar-refractivity contribution is -0.121. The third-order valence-electron chi connectivity index (χ3n) is 3.42. The zero-order valence-electron chi connectivity index (χ0n) is 15.1. The van der Waals surface area contributed by atoms with Crippen LogP contribution in [-0.4, -0.2) is 64.6 Å². The van der Waals surface area contributed by atoms with E-state index < -0.39 is 45.6 Å². The Labute approximate surface area is 172 Å². The second kappa shape index (κ2) is 11.4. The van der Waals surface area contributed by atoms with Crippen molar-refractivity contribution in [2.24, 2.45) is 0 Å². The molecule has 2 atom stereocenters. The molecule has 28 heavy (non-hydrogen) atoms. The monoisotopic (exact) mass is 459 g/mol. The fourth-order valence-corrected chi connectivity index (χ4v) is 2.83. The molecule has 0 aromatic heterocycles. The Morgan fingerprint density at radius 1 is 1.18 bits per heavy atom. The van der Waals surface area contributed by atoms with Gasteiger partial charge in [0.2, 0.25) is 0 Å². The SMILES string of the molecule is COCCOC(=O)OC(c1ccc(S(C)(=O)=O)cc1)C(CF)NC(=O)C(Cl)Cl. The lowest BCUT2D eigenvalue weighted by atomic mass is 10.0. The number of hydrogen-bond donors (Lipinski definition) is 1. The summed E-state index contributed by atoms with van der Waals surface area (Å²) in [5.74, 6) is -0.889. The fraction of sp³-hybridized carbons (Fsp3) is 0.500. The molecule has 0 radical (unpaired) electrons. The molecule has 12 heteroatoms. The minimum atomic E-state index is -3.46. The number of hydrogen-bond acceptors (Lipinski definition) is 7. The van der Waals surface area contributed by atoms with Crippen LogP contribution in [0.1, 0.15) is 11.7 Å². The number of carbonyl (C=O) groups is 2. The first kappa shape index (κ1) is 24.4. The van der Waals surface area contributed by atoms with Crippen LogP contribution in [0.3, 0.4) is 0 Å². The van der Waals surface area contributed by atoms with Crippen molar-refractivity contribution in [3.8, 4) is 0 Å². The topological polar surface area (TPSA) is 108 Å². The molecule has 2 unspecified atom stereocenters. The summed E-state index contributed by atoms with van der Waals surface area (Å²) in [6.07, 6.45) is -1.44. The van der Waals surface area contributed by atoms with E-state index in [-0.39, 0.29) is 23.7 Å². The van der Waals surface area contributed by atoms with Crippen LogP contribution in [0.15, 0.2) is 29.2 Å². The van der Waals surface area contributed by atoms with Gasteiger partial charge in [0.15, 0.2) is 20.8 Å². The molecule has 0 aliphatic carbocycles. The van der Waals surface area contributed by atoms with Crippen molar-refractivity contribution in [1.29, 1.82) is 0 Å². The molecule has 1 aromatic carbocycles. The van der Waals surface area contributed by atoms with E-state index in [1.165, 1.54) is 31.4 Å². The molecule has 0 fully saturated rings. The maximum Gasteiger partial charge on any atom is 0.509 e. The van der Waals surface area contributed by atoms with Crippen molar-refractivity contribution in [1.82, 2.24) is 5.32 Å². The lowest BCUT2D eigenvalue weighted by Crippen LogP contribution is -2.44. The number of halogens is 3. The van der Waals surface area contributed by atoms with Gasteiger partial charge < -0.3 is 19.5 Å². The highest BCUT2D eigenvalue weighted by Crippen LogP contribution is 2.25. The molecule has 0 spiro atoms. The molecule has 0 saturated heterocycles. The first-order valence-corrected chi connectivity index (χ1v) is 10.6. The van der Waals surface area contributed by atoms with Gasteiger partial charge in [0.25, 0.3) is 5.91 Å². The van der Waals surface area contributed by atoms with E-state index >= 15 is 0 Å². The molecular weight excluding hydrogens is 440 g/mol. The second-order valence-electron chi connectivity index (χ2n) is 5.54. The normalized spacial score (nSPS) is 13.6. The summed E-state index contributed by atoms with van der Waals surface area (Å²) in [4.78, 5) is 22.2. The second-order valence-corrected chi connectivity index (χ2v) is 8.65. The summed E-state index contributed by atoms with van der Waals surface area (Å²) in [6, 6.07) is 3.85. The van der Waals surface area contributed by atoms with E-state index in [9.17, 15) is 22.4 Å². The standard InChI is InChI=1S/C16H20Cl2FNO7S/c1-25-7-8-26-16(22)27-13(12(9-19)20-15(21)14(17)18)10-3-5-11(6-4-10)28(2,23)24/h3-6,12-14H,7-9H2,1-2H3,(H,20,21). The van der Waals surface area contributed by atoms with E-state index in [4.69, 9.17) is 37.4 Å². The minimum absolute atomic E-state index is 0.0140. The van der Waals surface area contributed by atoms with E-state index in [1.54, 1.807) is 0 Å². The lowest BCUT2D eigenvalue weighted by Gasteiger charge is -2.26. The van der Waals surface area contributed by atoms with Gasteiger partial charge in [0, 0.05) is 13.4 Å². The maximum absolute atomic E-state index is 13.6. The summed E-state index contributed by atoms with van der Waals surface area (Å²) >= 11 is 10.9. The molecule has 8 nitrogen and oxygen atoms in total. The van der Waals surface area contributed by atoms with Crippen LogP contribution >= 0.6 is 23.2 Å². The highest BCUT2D eigenvalue weighted by molar-refractivity contribution is 7.90. The van der Waals surface area contributed by atoms with Gasteiger partial charge in [-0.1, -0.05) is 35.3 Å². The number of alkyl halides is 3. The van der Waals surface area contributed by atoms with Gasteiger partial charge in [-0.25, -0.2) is 17.6 Å². The van der Waals surface area contributed by atoms with Crippen LogP contribution < -0.4 is 5.32 Å². The maximum atomic E-state index is 13.6. The molecule has 158 valence electrons. The molecule has 0 heterocycles. The highest BCUT2D eigenvalue weighted by atomic mass is 35.5. The van der Waals surface area contributed by atoms with Crippen LogP contribution in [0.4, 0.5) is 9.18 Å². The quantitative estimate of drug-likeness (QED) is 0.324. The summed E-state index contributed by atoms with van der Waals surface area (Å²) < 4.78 is 51.4. The molecule has 0 aliphatic heterocycles. The van der Waals surface area contributed by atoms with Crippen molar-refractivity contribution in [3.05, 3.63) is 29.8 Å². The summed E-state index contributed by atoms with van der Waals surface area (Å²) in [5.41, 5.74) is 0.222. The highest BCUT2D eigenvalue weighted by Gasteiger charge is 2.31. The number of methoxy groups -OCH3 is 1. The molecule has 1 aromatic rings. The number of benzene rings is 1. The first-order chi connectivity index (χ1) is 13.1. The van der Waals surface area contributed by atoms with Crippen molar-refractivity contribution in [2.45, 2.75) is 21.9 Å². The average Bonchev–Trinajstić information content (AvgIpc) is 2.63. The van der Waals surface area contributed by atoms with Crippen molar-refractivity contribution in [3.63, 3.8) is 0 Å². The third kappa shape index (κ3) is 7.78. The first-order valence-electron chi connectivity index (χ1n) is 7.87. The van der Waals surface area contributed by atoms with Gasteiger partial charge in [-0.05, 0) is 17.7 Å². The van der Waals surface area contributed by atoms with Gasteiger partial charge in [0.1, 0.15) is 13.3 Å². The van der Waals surface area contributed by atoms with Crippen LogP contribution in [0.5, 0.6) is 0 Å². The molecular formula is C16H20Cl2FNO7S. The van der Waals surface area contributed by atoms with Crippen LogP contribution in [0.25, 0.3) is 0 Å². The Balaban J connectivity index is 3.11. The molecule has 1 amide bonds. The molecule has 1 rings (SSSR count). The zero-order chi connectivity index (χ0) is 21.3. The molecule has 0 saturated carbocycles. The summed E-state index contributed by atoms with van der Waals surface area (Å²) in [6.45, 7) is -1.12. The van der Waals surface area contributed by atoms with Crippen molar-refractivity contribution >= 4 is 45.1 Å². The Bertz CT molecular complexity index is 759. The number of ether oxygens (including phenoxy) is 3. The van der Waals surface area contributed by atoms with Gasteiger partial charge >= 0.3 is 6.16 Å². The fourth-order valence-electron chi connectivity index (χ4n) is 2.07. The Hall–Kier alpha value is -1.62. The van der Waals surface area contributed by atoms with Crippen LogP contribution in [0.2, 0.25) is 0 Å². The van der Waals surface area contributed by atoms with E-state index in [0.29, 0.717) is 0 Å². The minimum Gasteiger partial charge on any atom is -0.432 e. The van der Waals surface area contributed by atoms with Crippen LogP contribution in [-0.2, 0) is 28.8 Å². The van der Waals surface area contributed by atoms with Crippen molar-refractivity contribution < 1.29 is 36.6 Å². The largest absolute Gasteiger partial charge is 0.509 e. The number of nitrogens with one attached hydrogen (secondary N) is 1. The zero-order valence-corrected chi connectivity index (χ0v) is 17.4. The van der Waals surface area contributed by atoms with Gasteiger partial charge in [-0.3, -0.25) is 4.79 Å². The van der Waals surface area contributed by atoms with E-state index in [2.05, 4.69) is 5.32 Å². The van der Waals surface area contributed by atoms with Crippen molar-refractivity contribution in [2.75, 3.05) is 33.3 Å². The summed E-state index contributed by atoms with van der Waals surface area (Å²) in [7, 11) is -2.06. The number of amides is 1. The van der Waals surface area contributed by atoms with Crippen LogP contribution in [0, 0.1) is 0 Å². The Kier molecular flexibility index (Phi) is 9.94. The number of carbonyl (C=O) groups excluding carboxylic acids is 2. The number of sulfone groups is 1. The Morgan fingerprint density at radius 3 is 2.25 bits per heavy atom. The predicted octanol–water partition coefficient (Wildman–Crippen LogP) is 2.19. The van der Waals surface area contributed by atoms with Gasteiger partial charge in [-0.2, -0.15) is 0 Å². The summed E-state index contributed by atoms with van der Waals surface area (Å²) in [5, 5.41) is 2.23. The molecule has 0 aliphatic rings.